The van der Waals surface area contributed by atoms with Crippen LogP contribution in [-0.4, -0.2) is 0 Å². The lowest BCUT2D eigenvalue weighted by Crippen LogP contribution is -1.71. The van der Waals surface area contributed by atoms with Gasteiger partial charge in [-0.15, -0.1) is 17.8 Å². The molecule has 0 aliphatic rings. The second-order valence-electron chi connectivity index (χ2n) is 2.84. The van der Waals surface area contributed by atoms with Crippen LogP contribution >= 0.6 is 27.3 Å². The van der Waals surface area contributed by atoms with Crippen molar-refractivity contribution in [3.63, 3.8) is 0 Å². The lowest BCUT2D eigenvalue weighted by atomic mass is 10.1. The van der Waals surface area contributed by atoms with Crippen molar-refractivity contribution in [1.29, 1.82) is 0 Å². The highest BCUT2D eigenvalue weighted by Gasteiger charge is 2.05. The lowest BCUT2D eigenvalue weighted by molar-refractivity contribution is 1.57. The van der Waals surface area contributed by atoms with Crippen LogP contribution in [0.4, 0.5) is 0 Å². The quantitative estimate of drug-likeness (QED) is 0.622. The van der Waals surface area contributed by atoms with Gasteiger partial charge in [0.2, 0.25) is 0 Å². The summed E-state index contributed by atoms with van der Waals surface area (Å²) in [5.41, 5.74) is 1.22. The minimum Gasteiger partial charge on any atom is -0.126 e. The van der Waals surface area contributed by atoms with Crippen LogP contribution < -0.4 is 0 Å². The molecule has 0 saturated heterocycles. The largest absolute Gasteiger partial charge is 0.126 e. The van der Waals surface area contributed by atoms with Gasteiger partial charge in [-0.2, -0.15) is 0 Å². The zero-order valence-electron chi connectivity index (χ0n) is 7.10. The predicted octanol–water partition coefficient (Wildman–Crippen LogP) is 3.95. The number of fused-ring (bicyclic) bond motifs is 1. The highest BCUT2D eigenvalue weighted by atomic mass is 79.9. The van der Waals surface area contributed by atoms with Crippen molar-refractivity contribution in [2.45, 2.75) is 6.92 Å². The van der Waals surface area contributed by atoms with Gasteiger partial charge < -0.3 is 0 Å². The molecule has 0 bridgehead atoms. The molecule has 1 aromatic heterocycles. The molecule has 0 amide bonds. The fourth-order valence-electron chi connectivity index (χ4n) is 1.34. The first-order valence-corrected chi connectivity index (χ1v) is 5.48. The average molecular weight is 251 g/mol. The Labute approximate surface area is 89.7 Å². The summed E-state index contributed by atoms with van der Waals surface area (Å²) in [5, 5.41) is 1.26. The Morgan fingerprint density at radius 1 is 1.46 bits per heavy atom. The topological polar surface area (TPSA) is 0 Å². The van der Waals surface area contributed by atoms with E-state index < -0.39 is 0 Å². The Morgan fingerprint density at radius 2 is 2.23 bits per heavy atom. The van der Waals surface area contributed by atoms with E-state index in [4.69, 9.17) is 6.42 Å². The molecular formula is C11H7BrS. The van der Waals surface area contributed by atoms with Gasteiger partial charge in [-0.3, -0.25) is 0 Å². The number of halogens is 1. The summed E-state index contributed by atoms with van der Waals surface area (Å²) in [4.78, 5) is 1.04. The van der Waals surface area contributed by atoms with Crippen molar-refractivity contribution in [2.75, 3.05) is 0 Å². The maximum absolute atomic E-state index is 5.40. The maximum Gasteiger partial charge on any atom is 0.0807 e. The Morgan fingerprint density at radius 3 is 2.92 bits per heavy atom. The molecule has 64 valence electrons. The molecule has 2 rings (SSSR count). The first-order chi connectivity index (χ1) is 6.22. The number of terminal acetylenes is 1. The molecule has 0 saturated carbocycles. The summed E-state index contributed by atoms with van der Waals surface area (Å²) in [6, 6.07) is 6.25. The molecule has 0 aliphatic heterocycles. The summed E-state index contributed by atoms with van der Waals surface area (Å²) < 4.78 is 2.35. The fraction of sp³-hybridized carbons (Fsp3) is 0.0909. The van der Waals surface area contributed by atoms with E-state index in [1.165, 1.54) is 15.6 Å². The van der Waals surface area contributed by atoms with E-state index >= 15 is 0 Å². The van der Waals surface area contributed by atoms with E-state index in [1.54, 1.807) is 11.3 Å². The highest BCUT2D eigenvalue weighted by molar-refractivity contribution is 9.10. The molecule has 2 heteroatoms. The smallest absolute Gasteiger partial charge is 0.0807 e. The third-order valence-corrected chi connectivity index (χ3v) is 3.71. The van der Waals surface area contributed by atoms with E-state index in [1.807, 2.05) is 6.07 Å². The number of thiophene rings is 1. The maximum atomic E-state index is 5.40. The van der Waals surface area contributed by atoms with Gasteiger partial charge in [0.15, 0.2) is 0 Å². The number of aryl methyl sites for hydroxylation is 1. The average Bonchev–Trinajstić information content (AvgIpc) is 2.42. The molecule has 0 fully saturated rings. The molecule has 1 aromatic carbocycles. The Bertz CT molecular complexity index is 503. The number of hydrogen-bond acceptors (Lipinski definition) is 1. The third kappa shape index (κ3) is 1.39. The number of benzene rings is 1. The van der Waals surface area contributed by atoms with Crippen LogP contribution in [-0.2, 0) is 0 Å². The van der Waals surface area contributed by atoms with Crippen LogP contribution in [0.15, 0.2) is 22.7 Å². The Balaban J connectivity index is 2.86. The molecule has 0 radical (unpaired) electrons. The summed E-state index contributed by atoms with van der Waals surface area (Å²) in [7, 11) is 0. The molecule has 0 spiro atoms. The SMILES string of the molecule is C#Cc1sc2cc(Br)ccc2c1C. The normalized spacial score (nSPS) is 10.2. The summed E-state index contributed by atoms with van der Waals surface area (Å²) in [5.74, 6) is 2.71. The van der Waals surface area contributed by atoms with Gasteiger partial charge in [-0.25, -0.2) is 0 Å². The van der Waals surface area contributed by atoms with Gasteiger partial charge in [0, 0.05) is 9.17 Å². The Hall–Kier alpha value is -0.780. The Kier molecular flexibility index (Phi) is 2.15. The molecule has 2 aromatic rings. The molecule has 13 heavy (non-hydrogen) atoms. The van der Waals surface area contributed by atoms with Crippen LogP contribution in [0, 0.1) is 19.3 Å². The first kappa shape index (κ1) is 8.80. The first-order valence-electron chi connectivity index (χ1n) is 3.87. The van der Waals surface area contributed by atoms with Gasteiger partial charge in [0.05, 0.1) is 4.88 Å². The van der Waals surface area contributed by atoms with Gasteiger partial charge in [-0.1, -0.05) is 27.9 Å². The molecule has 1 heterocycles. The number of hydrogen-bond donors (Lipinski definition) is 0. The van der Waals surface area contributed by atoms with E-state index in [2.05, 4.69) is 40.9 Å². The van der Waals surface area contributed by atoms with Crippen molar-refractivity contribution in [1.82, 2.24) is 0 Å². The summed E-state index contributed by atoms with van der Waals surface area (Å²) >= 11 is 5.12. The molecule has 0 aliphatic carbocycles. The van der Waals surface area contributed by atoms with Gasteiger partial charge >= 0.3 is 0 Å². The molecule has 0 nitrogen and oxygen atoms in total. The standard InChI is InChI=1S/C11H7BrS/c1-3-10-7(2)9-5-4-8(12)6-11(9)13-10/h1,4-6H,2H3. The van der Waals surface area contributed by atoms with E-state index in [-0.39, 0.29) is 0 Å². The minimum absolute atomic E-state index is 1.04. The second-order valence-corrected chi connectivity index (χ2v) is 4.81. The molecule has 0 atom stereocenters. The lowest BCUT2D eigenvalue weighted by Gasteiger charge is -1.91. The molecule has 0 N–H and O–H groups in total. The predicted molar refractivity (Wildman–Crippen MR) is 62.2 cm³/mol. The summed E-state index contributed by atoms with van der Waals surface area (Å²) in [6.45, 7) is 2.07. The van der Waals surface area contributed by atoms with Crippen LogP contribution in [0.2, 0.25) is 0 Å². The van der Waals surface area contributed by atoms with Crippen molar-refractivity contribution in [3.8, 4) is 12.3 Å². The van der Waals surface area contributed by atoms with E-state index in [0.29, 0.717) is 0 Å². The van der Waals surface area contributed by atoms with Gasteiger partial charge in [0.1, 0.15) is 0 Å². The molecular weight excluding hydrogens is 244 g/mol. The zero-order valence-corrected chi connectivity index (χ0v) is 9.50. The van der Waals surface area contributed by atoms with Crippen molar-refractivity contribution in [3.05, 3.63) is 33.1 Å². The highest BCUT2D eigenvalue weighted by Crippen LogP contribution is 2.31. The van der Waals surface area contributed by atoms with Crippen LogP contribution in [0.1, 0.15) is 10.4 Å². The number of rotatable bonds is 0. The third-order valence-electron chi connectivity index (χ3n) is 2.03. The van der Waals surface area contributed by atoms with E-state index in [0.717, 1.165) is 9.35 Å². The van der Waals surface area contributed by atoms with Crippen LogP contribution in [0.25, 0.3) is 10.1 Å². The van der Waals surface area contributed by atoms with Gasteiger partial charge in [-0.05, 0) is 30.0 Å². The minimum atomic E-state index is 1.04. The van der Waals surface area contributed by atoms with Crippen LogP contribution in [0.3, 0.4) is 0 Å². The summed E-state index contributed by atoms with van der Waals surface area (Å²) in [6.07, 6.45) is 5.40. The van der Waals surface area contributed by atoms with Gasteiger partial charge in [0.25, 0.3) is 0 Å². The molecule has 0 unspecified atom stereocenters. The van der Waals surface area contributed by atoms with E-state index in [9.17, 15) is 0 Å². The van der Waals surface area contributed by atoms with Crippen molar-refractivity contribution < 1.29 is 0 Å². The van der Waals surface area contributed by atoms with Crippen molar-refractivity contribution >= 4 is 37.4 Å². The second kappa shape index (κ2) is 3.17. The zero-order chi connectivity index (χ0) is 9.42. The fourth-order valence-corrected chi connectivity index (χ4v) is 2.91. The van der Waals surface area contributed by atoms with Crippen molar-refractivity contribution in [2.24, 2.45) is 0 Å². The van der Waals surface area contributed by atoms with Crippen LogP contribution in [0.5, 0.6) is 0 Å². The monoisotopic (exact) mass is 250 g/mol.